The standard InChI is InChI=1S/C15H25NO2/c1-6-11(2)10-12(16-3)15-13(17-4)8-7-9-14(15)18-5/h7-9,11-12,16H,6,10H2,1-5H3. The molecule has 3 nitrogen and oxygen atoms in total. The maximum absolute atomic E-state index is 5.47. The summed E-state index contributed by atoms with van der Waals surface area (Å²) in [6.45, 7) is 4.49. The number of benzene rings is 1. The lowest BCUT2D eigenvalue weighted by Gasteiger charge is -2.24. The summed E-state index contributed by atoms with van der Waals surface area (Å²) >= 11 is 0. The first kappa shape index (κ1) is 14.8. The van der Waals surface area contributed by atoms with Crippen molar-refractivity contribution in [1.82, 2.24) is 5.32 Å². The Hall–Kier alpha value is -1.22. The van der Waals surface area contributed by atoms with E-state index in [0.717, 1.165) is 23.5 Å². The van der Waals surface area contributed by atoms with Crippen LogP contribution in [0.4, 0.5) is 0 Å². The maximum atomic E-state index is 5.47. The third-order valence-corrected chi connectivity index (χ3v) is 3.50. The zero-order valence-electron chi connectivity index (χ0n) is 12.1. The number of ether oxygens (including phenoxy) is 2. The van der Waals surface area contributed by atoms with Crippen LogP contribution in [-0.4, -0.2) is 21.3 Å². The molecule has 0 radical (unpaired) electrons. The minimum Gasteiger partial charge on any atom is -0.496 e. The Labute approximate surface area is 110 Å². The van der Waals surface area contributed by atoms with Gasteiger partial charge in [-0.2, -0.15) is 0 Å². The molecule has 0 bridgehead atoms. The topological polar surface area (TPSA) is 30.5 Å². The summed E-state index contributed by atoms with van der Waals surface area (Å²) in [7, 11) is 5.39. The molecule has 0 aromatic heterocycles. The van der Waals surface area contributed by atoms with Crippen LogP contribution >= 0.6 is 0 Å². The largest absolute Gasteiger partial charge is 0.496 e. The second kappa shape index (κ2) is 7.27. The van der Waals surface area contributed by atoms with Crippen molar-refractivity contribution in [3.05, 3.63) is 23.8 Å². The molecular formula is C15H25NO2. The minimum atomic E-state index is 0.256. The van der Waals surface area contributed by atoms with E-state index >= 15 is 0 Å². The van der Waals surface area contributed by atoms with Gasteiger partial charge in [0.2, 0.25) is 0 Å². The third kappa shape index (κ3) is 3.39. The first-order chi connectivity index (χ1) is 8.67. The molecule has 0 spiro atoms. The van der Waals surface area contributed by atoms with Crippen molar-refractivity contribution in [3.63, 3.8) is 0 Å². The highest BCUT2D eigenvalue weighted by Crippen LogP contribution is 2.36. The summed E-state index contributed by atoms with van der Waals surface area (Å²) < 4.78 is 10.9. The Morgan fingerprint density at radius 1 is 1.17 bits per heavy atom. The van der Waals surface area contributed by atoms with Crippen molar-refractivity contribution in [1.29, 1.82) is 0 Å². The van der Waals surface area contributed by atoms with Gasteiger partial charge in [-0.1, -0.05) is 26.3 Å². The van der Waals surface area contributed by atoms with Crippen molar-refractivity contribution in [2.24, 2.45) is 5.92 Å². The molecule has 0 aliphatic heterocycles. The average Bonchev–Trinajstić information content (AvgIpc) is 2.43. The molecule has 1 rings (SSSR count). The van der Waals surface area contributed by atoms with Crippen LogP contribution in [-0.2, 0) is 0 Å². The molecule has 1 N–H and O–H groups in total. The molecule has 0 amide bonds. The second-order valence-corrected chi connectivity index (χ2v) is 4.67. The molecule has 1 aromatic rings. The van der Waals surface area contributed by atoms with Crippen LogP contribution in [0.2, 0.25) is 0 Å². The van der Waals surface area contributed by atoms with Gasteiger partial charge >= 0.3 is 0 Å². The molecule has 2 atom stereocenters. The van der Waals surface area contributed by atoms with E-state index in [1.54, 1.807) is 14.2 Å². The number of methoxy groups -OCH3 is 2. The molecule has 1 aromatic carbocycles. The Bertz CT molecular complexity index is 343. The SMILES string of the molecule is CCC(C)CC(NC)c1c(OC)cccc1OC. The van der Waals surface area contributed by atoms with Crippen LogP contribution in [0.5, 0.6) is 11.5 Å². The van der Waals surface area contributed by atoms with Crippen LogP contribution in [0.25, 0.3) is 0 Å². The maximum Gasteiger partial charge on any atom is 0.127 e. The van der Waals surface area contributed by atoms with Gasteiger partial charge in [0.25, 0.3) is 0 Å². The summed E-state index contributed by atoms with van der Waals surface area (Å²) in [4.78, 5) is 0. The van der Waals surface area contributed by atoms with Crippen LogP contribution in [0.1, 0.15) is 38.3 Å². The van der Waals surface area contributed by atoms with Gasteiger partial charge in [0, 0.05) is 6.04 Å². The lowest BCUT2D eigenvalue weighted by Crippen LogP contribution is -2.20. The molecule has 0 aliphatic rings. The summed E-state index contributed by atoms with van der Waals surface area (Å²) in [6.07, 6.45) is 2.25. The molecule has 18 heavy (non-hydrogen) atoms. The number of nitrogens with one attached hydrogen (secondary N) is 1. The molecule has 0 saturated carbocycles. The van der Waals surface area contributed by atoms with E-state index in [0.29, 0.717) is 5.92 Å². The monoisotopic (exact) mass is 251 g/mol. The summed E-state index contributed by atoms with van der Waals surface area (Å²) in [5.74, 6) is 2.44. The fourth-order valence-electron chi connectivity index (χ4n) is 2.17. The Kier molecular flexibility index (Phi) is 5.99. The Morgan fingerprint density at radius 3 is 2.11 bits per heavy atom. The van der Waals surface area contributed by atoms with Gasteiger partial charge < -0.3 is 14.8 Å². The lowest BCUT2D eigenvalue weighted by molar-refractivity contribution is 0.354. The Morgan fingerprint density at radius 2 is 1.72 bits per heavy atom. The highest BCUT2D eigenvalue weighted by Gasteiger charge is 2.20. The molecule has 3 heteroatoms. The lowest BCUT2D eigenvalue weighted by atomic mass is 9.93. The molecule has 2 unspecified atom stereocenters. The minimum absolute atomic E-state index is 0.256. The van der Waals surface area contributed by atoms with E-state index in [2.05, 4.69) is 19.2 Å². The number of hydrogen-bond donors (Lipinski definition) is 1. The molecule has 102 valence electrons. The molecule has 0 saturated heterocycles. The van der Waals surface area contributed by atoms with Gasteiger partial charge in [0.05, 0.1) is 19.8 Å². The van der Waals surface area contributed by atoms with Gasteiger partial charge in [-0.15, -0.1) is 0 Å². The van der Waals surface area contributed by atoms with E-state index in [1.165, 1.54) is 6.42 Å². The van der Waals surface area contributed by atoms with Crippen molar-refractivity contribution >= 4 is 0 Å². The Balaban J connectivity index is 3.09. The fraction of sp³-hybridized carbons (Fsp3) is 0.600. The fourth-order valence-corrected chi connectivity index (χ4v) is 2.17. The summed E-state index contributed by atoms with van der Waals surface area (Å²) in [6, 6.07) is 6.18. The number of rotatable bonds is 7. The van der Waals surface area contributed by atoms with Gasteiger partial charge in [0.1, 0.15) is 11.5 Å². The zero-order chi connectivity index (χ0) is 13.5. The number of hydrogen-bond acceptors (Lipinski definition) is 3. The van der Waals surface area contributed by atoms with Crippen LogP contribution in [0, 0.1) is 5.92 Å². The van der Waals surface area contributed by atoms with E-state index in [4.69, 9.17) is 9.47 Å². The molecule has 0 aliphatic carbocycles. The van der Waals surface area contributed by atoms with Gasteiger partial charge in [-0.3, -0.25) is 0 Å². The van der Waals surface area contributed by atoms with Crippen LogP contribution in [0.15, 0.2) is 18.2 Å². The van der Waals surface area contributed by atoms with E-state index in [9.17, 15) is 0 Å². The third-order valence-electron chi connectivity index (χ3n) is 3.50. The van der Waals surface area contributed by atoms with Crippen molar-refractivity contribution in [3.8, 4) is 11.5 Å². The van der Waals surface area contributed by atoms with Gasteiger partial charge in [0.15, 0.2) is 0 Å². The van der Waals surface area contributed by atoms with E-state index < -0.39 is 0 Å². The molecule has 0 heterocycles. The van der Waals surface area contributed by atoms with E-state index in [-0.39, 0.29) is 6.04 Å². The molecule has 0 fully saturated rings. The summed E-state index contributed by atoms with van der Waals surface area (Å²) in [5, 5.41) is 3.37. The molecular weight excluding hydrogens is 226 g/mol. The zero-order valence-corrected chi connectivity index (χ0v) is 12.1. The second-order valence-electron chi connectivity index (χ2n) is 4.67. The highest BCUT2D eigenvalue weighted by atomic mass is 16.5. The van der Waals surface area contributed by atoms with Crippen molar-refractivity contribution < 1.29 is 9.47 Å². The smallest absolute Gasteiger partial charge is 0.127 e. The van der Waals surface area contributed by atoms with Gasteiger partial charge in [-0.25, -0.2) is 0 Å². The van der Waals surface area contributed by atoms with E-state index in [1.807, 2.05) is 25.2 Å². The quantitative estimate of drug-likeness (QED) is 0.805. The summed E-state index contributed by atoms with van der Waals surface area (Å²) in [5.41, 5.74) is 1.12. The van der Waals surface area contributed by atoms with Crippen molar-refractivity contribution in [2.45, 2.75) is 32.7 Å². The normalized spacial score (nSPS) is 14.1. The first-order valence-electron chi connectivity index (χ1n) is 6.56. The predicted octanol–water partition coefficient (Wildman–Crippen LogP) is 3.40. The van der Waals surface area contributed by atoms with Crippen LogP contribution < -0.4 is 14.8 Å². The van der Waals surface area contributed by atoms with Gasteiger partial charge in [-0.05, 0) is 31.5 Å². The highest BCUT2D eigenvalue weighted by molar-refractivity contribution is 5.47. The predicted molar refractivity (Wildman–Crippen MR) is 75.4 cm³/mol. The van der Waals surface area contributed by atoms with Crippen LogP contribution in [0.3, 0.4) is 0 Å². The first-order valence-corrected chi connectivity index (χ1v) is 6.56. The van der Waals surface area contributed by atoms with Crippen molar-refractivity contribution in [2.75, 3.05) is 21.3 Å². The average molecular weight is 251 g/mol.